The summed E-state index contributed by atoms with van der Waals surface area (Å²) in [5.41, 5.74) is 1.68. The molecule has 3 rings (SSSR count). The molecule has 0 saturated carbocycles. The number of alkyl halides is 2. The summed E-state index contributed by atoms with van der Waals surface area (Å²) in [6.07, 6.45) is 2.40. The zero-order chi connectivity index (χ0) is 21.0. The Morgan fingerprint density at radius 3 is 2.52 bits per heavy atom. The molecule has 0 bridgehead atoms. The van der Waals surface area contributed by atoms with Crippen molar-refractivity contribution in [2.24, 2.45) is 0 Å². The number of carbonyl (C=O) groups excluding carboxylic acids is 2. The van der Waals surface area contributed by atoms with Crippen LogP contribution in [0.15, 0.2) is 24.3 Å². The Morgan fingerprint density at radius 2 is 1.86 bits per heavy atom. The molecule has 1 fully saturated rings. The number of nitrogens with one attached hydrogen (secondary N) is 2. The molecule has 0 spiro atoms. The van der Waals surface area contributed by atoms with Gasteiger partial charge in [0.1, 0.15) is 0 Å². The van der Waals surface area contributed by atoms with Crippen molar-refractivity contribution in [3.05, 3.63) is 46.8 Å². The van der Waals surface area contributed by atoms with E-state index in [4.69, 9.17) is 0 Å². The summed E-state index contributed by atoms with van der Waals surface area (Å²) >= 11 is 0. The van der Waals surface area contributed by atoms with Crippen molar-refractivity contribution in [3.8, 4) is 0 Å². The first kappa shape index (κ1) is 20.9. The number of aryl methyl sites for hydroxylation is 2. The molecule has 1 aromatic heterocycles. The van der Waals surface area contributed by atoms with Crippen molar-refractivity contribution >= 4 is 17.5 Å². The van der Waals surface area contributed by atoms with E-state index in [1.54, 1.807) is 25.1 Å². The van der Waals surface area contributed by atoms with E-state index in [9.17, 15) is 18.4 Å². The maximum absolute atomic E-state index is 12.9. The maximum atomic E-state index is 12.9. The van der Waals surface area contributed by atoms with Crippen LogP contribution in [0.25, 0.3) is 0 Å². The molecule has 1 aliphatic rings. The number of aromatic nitrogens is 2. The number of likely N-dealkylation sites (tertiary alicyclic amines) is 1. The molecule has 0 aliphatic carbocycles. The highest BCUT2D eigenvalue weighted by Gasteiger charge is 2.18. The van der Waals surface area contributed by atoms with E-state index in [-0.39, 0.29) is 17.3 Å². The Kier molecular flexibility index (Phi) is 6.58. The van der Waals surface area contributed by atoms with E-state index in [1.807, 2.05) is 0 Å². The molecule has 1 aliphatic heterocycles. The molecule has 0 unspecified atom stereocenters. The van der Waals surface area contributed by atoms with Crippen molar-refractivity contribution in [2.75, 3.05) is 31.5 Å². The highest BCUT2D eigenvalue weighted by Crippen LogP contribution is 2.19. The second-order valence-corrected chi connectivity index (χ2v) is 7.18. The van der Waals surface area contributed by atoms with Gasteiger partial charge in [0.2, 0.25) is 0 Å². The Balaban J connectivity index is 1.64. The van der Waals surface area contributed by atoms with Gasteiger partial charge in [-0.15, -0.1) is 0 Å². The van der Waals surface area contributed by atoms with Crippen molar-refractivity contribution in [1.82, 2.24) is 20.0 Å². The van der Waals surface area contributed by atoms with Gasteiger partial charge in [-0.05, 0) is 63.5 Å². The lowest BCUT2D eigenvalue weighted by Gasteiger charge is -2.15. The molecular formula is C20H25F2N5O2. The Labute approximate surface area is 168 Å². The smallest absolute Gasteiger partial charge is 0.333 e. The first-order valence-corrected chi connectivity index (χ1v) is 9.62. The Hall–Kier alpha value is -2.81. The molecule has 2 aromatic rings. The molecule has 1 saturated heterocycles. The predicted octanol–water partition coefficient (Wildman–Crippen LogP) is 2.97. The maximum Gasteiger partial charge on any atom is 0.333 e. The zero-order valence-electron chi connectivity index (χ0n) is 16.5. The number of benzene rings is 1. The monoisotopic (exact) mass is 405 g/mol. The lowest BCUT2D eigenvalue weighted by molar-refractivity contribution is 0.0540. The summed E-state index contributed by atoms with van der Waals surface area (Å²) in [6.45, 7) is 3.92. The molecule has 1 aromatic carbocycles. The van der Waals surface area contributed by atoms with Gasteiger partial charge in [0.05, 0.1) is 0 Å². The SMILES string of the molecule is Cc1ccc(C(=O)NCCN2CCCC2)cc1NC(=O)c1cc(C)n(C(F)F)n1. The van der Waals surface area contributed by atoms with Crippen LogP contribution in [0, 0.1) is 13.8 Å². The average Bonchev–Trinajstić information content (AvgIpc) is 3.33. The van der Waals surface area contributed by atoms with E-state index in [1.165, 1.54) is 25.8 Å². The normalized spacial score (nSPS) is 14.4. The van der Waals surface area contributed by atoms with Crippen LogP contribution >= 0.6 is 0 Å². The summed E-state index contributed by atoms with van der Waals surface area (Å²) < 4.78 is 26.2. The largest absolute Gasteiger partial charge is 0.351 e. The number of hydrogen-bond acceptors (Lipinski definition) is 4. The highest BCUT2D eigenvalue weighted by atomic mass is 19.3. The van der Waals surface area contributed by atoms with Gasteiger partial charge in [0, 0.05) is 30.0 Å². The molecule has 0 atom stereocenters. The van der Waals surface area contributed by atoms with Gasteiger partial charge in [0.15, 0.2) is 5.69 Å². The lowest BCUT2D eigenvalue weighted by atomic mass is 10.1. The van der Waals surface area contributed by atoms with E-state index in [2.05, 4.69) is 20.6 Å². The first-order chi connectivity index (χ1) is 13.8. The molecule has 156 valence electrons. The lowest BCUT2D eigenvalue weighted by Crippen LogP contribution is -2.33. The summed E-state index contributed by atoms with van der Waals surface area (Å²) in [7, 11) is 0. The minimum absolute atomic E-state index is 0.109. The summed E-state index contributed by atoms with van der Waals surface area (Å²) in [5, 5.41) is 9.18. The summed E-state index contributed by atoms with van der Waals surface area (Å²) in [4.78, 5) is 27.1. The van der Waals surface area contributed by atoms with Crippen molar-refractivity contribution in [1.29, 1.82) is 0 Å². The number of anilines is 1. The van der Waals surface area contributed by atoms with Crippen LogP contribution in [-0.4, -0.2) is 52.7 Å². The van der Waals surface area contributed by atoms with E-state index >= 15 is 0 Å². The summed E-state index contributed by atoms with van der Waals surface area (Å²) in [6, 6.07) is 6.29. The molecule has 2 heterocycles. The Bertz CT molecular complexity index is 891. The highest BCUT2D eigenvalue weighted by molar-refractivity contribution is 6.04. The van der Waals surface area contributed by atoms with Crippen LogP contribution in [0.3, 0.4) is 0 Å². The topological polar surface area (TPSA) is 79.3 Å². The van der Waals surface area contributed by atoms with Crippen LogP contribution in [0.5, 0.6) is 0 Å². The fraction of sp³-hybridized carbons (Fsp3) is 0.450. The molecule has 2 amide bonds. The fourth-order valence-corrected chi connectivity index (χ4v) is 3.32. The van der Waals surface area contributed by atoms with Crippen molar-refractivity contribution < 1.29 is 18.4 Å². The fourth-order valence-electron chi connectivity index (χ4n) is 3.32. The molecule has 0 radical (unpaired) electrons. The van der Waals surface area contributed by atoms with E-state index < -0.39 is 12.5 Å². The van der Waals surface area contributed by atoms with E-state index in [0.29, 0.717) is 22.5 Å². The third-order valence-corrected chi connectivity index (χ3v) is 5.00. The zero-order valence-corrected chi connectivity index (χ0v) is 16.5. The predicted molar refractivity (Wildman–Crippen MR) is 105 cm³/mol. The van der Waals surface area contributed by atoms with Crippen LogP contribution < -0.4 is 10.6 Å². The average molecular weight is 405 g/mol. The van der Waals surface area contributed by atoms with Crippen molar-refractivity contribution in [2.45, 2.75) is 33.2 Å². The van der Waals surface area contributed by atoms with Gasteiger partial charge in [-0.2, -0.15) is 13.9 Å². The number of rotatable bonds is 7. The standard InChI is InChI=1S/C20H25F2N5O2/c1-13-5-6-15(18(28)23-7-10-26-8-3-4-9-26)12-16(13)24-19(29)17-11-14(2)27(25-17)20(21)22/h5-6,11-12,20H,3-4,7-10H2,1-2H3,(H,23,28)(H,24,29). The van der Waals surface area contributed by atoms with Gasteiger partial charge in [-0.25, -0.2) is 4.68 Å². The minimum atomic E-state index is -2.81. The molecule has 9 heteroatoms. The second kappa shape index (κ2) is 9.13. The second-order valence-electron chi connectivity index (χ2n) is 7.18. The molecular weight excluding hydrogens is 380 g/mol. The number of nitrogens with zero attached hydrogens (tertiary/aromatic N) is 3. The van der Waals surface area contributed by atoms with E-state index in [0.717, 1.165) is 25.2 Å². The van der Waals surface area contributed by atoms with Crippen LogP contribution in [0.2, 0.25) is 0 Å². The van der Waals surface area contributed by atoms with Gasteiger partial charge < -0.3 is 15.5 Å². The van der Waals surface area contributed by atoms with Gasteiger partial charge in [-0.1, -0.05) is 6.07 Å². The van der Waals surface area contributed by atoms with Gasteiger partial charge in [-0.3, -0.25) is 9.59 Å². The third kappa shape index (κ3) is 5.17. The van der Waals surface area contributed by atoms with Gasteiger partial charge in [0.25, 0.3) is 11.8 Å². The Morgan fingerprint density at radius 1 is 1.14 bits per heavy atom. The quantitative estimate of drug-likeness (QED) is 0.742. The van der Waals surface area contributed by atoms with Gasteiger partial charge >= 0.3 is 6.55 Å². The first-order valence-electron chi connectivity index (χ1n) is 9.62. The molecule has 2 N–H and O–H groups in total. The number of halogens is 2. The summed E-state index contributed by atoms with van der Waals surface area (Å²) in [5.74, 6) is -0.834. The molecule has 29 heavy (non-hydrogen) atoms. The number of carbonyl (C=O) groups is 2. The molecule has 7 nitrogen and oxygen atoms in total. The van der Waals surface area contributed by atoms with Crippen LogP contribution in [0.1, 0.15) is 51.5 Å². The van der Waals surface area contributed by atoms with Crippen molar-refractivity contribution in [3.63, 3.8) is 0 Å². The number of amides is 2. The minimum Gasteiger partial charge on any atom is -0.351 e. The van der Waals surface area contributed by atoms with Crippen LogP contribution in [0.4, 0.5) is 14.5 Å². The third-order valence-electron chi connectivity index (χ3n) is 5.00. The number of hydrogen-bond donors (Lipinski definition) is 2. The van der Waals surface area contributed by atoms with Crippen LogP contribution in [-0.2, 0) is 0 Å².